The maximum atomic E-state index is 11.7. The number of carbonyl (C=O) groups is 1. The van der Waals surface area contributed by atoms with Crippen molar-refractivity contribution in [2.24, 2.45) is 5.73 Å². The first-order valence-corrected chi connectivity index (χ1v) is 6.81. The van der Waals surface area contributed by atoms with E-state index in [-0.39, 0.29) is 11.4 Å². The van der Waals surface area contributed by atoms with Gasteiger partial charge in [-0.25, -0.2) is 13.1 Å². The normalized spacial score (nSPS) is 13.3. The van der Waals surface area contributed by atoms with Crippen LogP contribution in [-0.4, -0.2) is 26.2 Å². The standard InChI is InChI=1S/C9H10Cl2N2O3S/c10-6-1-3-7(4-2-6)17(15,16)13-5-8(11)9(12)14/h1-4,8,13H,5H2,(H2,12,14)/t8-/m1/s1. The van der Waals surface area contributed by atoms with Gasteiger partial charge in [0.25, 0.3) is 0 Å². The number of hydrogen-bond acceptors (Lipinski definition) is 3. The van der Waals surface area contributed by atoms with E-state index in [1.165, 1.54) is 24.3 Å². The number of sulfonamides is 1. The number of halogens is 2. The summed E-state index contributed by atoms with van der Waals surface area (Å²) >= 11 is 11.1. The summed E-state index contributed by atoms with van der Waals surface area (Å²) < 4.78 is 25.6. The predicted octanol–water partition coefficient (Wildman–Crippen LogP) is 0.711. The van der Waals surface area contributed by atoms with Crippen LogP contribution >= 0.6 is 23.2 Å². The third-order valence-corrected chi connectivity index (χ3v) is 3.95. The molecule has 1 amide bonds. The number of carbonyl (C=O) groups excluding carboxylic acids is 1. The Morgan fingerprint density at radius 2 is 1.88 bits per heavy atom. The summed E-state index contributed by atoms with van der Waals surface area (Å²) in [6.07, 6.45) is 0. The fourth-order valence-electron chi connectivity index (χ4n) is 0.981. The summed E-state index contributed by atoms with van der Waals surface area (Å²) in [7, 11) is -3.71. The molecule has 0 aromatic heterocycles. The van der Waals surface area contributed by atoms with E-state index in [1.807, 2.05) is 0 Å². The van der Waals surface area contributed by atoms with Crippen LogP contribution in [0.15, 0.2) is 29.2 Å². The molecule has 0 aliphatic heterocycles. The molecule has 17 heavy (non-hydrogen) atoms. The summed E-state index contributed by atoms with van der Waals surface area (Å²) in [6.45, 7) is -0.262. The Kier molecular flexibility index (Phi) is 4.76. The van der Waals surface area contributed by atoms with Gasteiger partial charge in [0.2, 0.25) is 15.9 Å². The second-order valence-corrected chi connectivity index (χ2v) is 5.91. The summed E-state index contributed by atoms with van der Waals surface area (Å²) in [5.74, 6) is -0.787. The molecule has 1 rings (SSSR count). The second-order valence-electron chi connectivity index (χ2n) is 3.18. The maximum absolute atomic E-state index is 11.7. The number of nitrogens with one attached hydrogen (secondary N) is 1. The van der Waals surface area contributed by atoms with Gasteiger partial charge >= 0.3 is 0 Å². The molecule has 1 atom stereocenters. The third-order valence-electron chi connectivity index (χ3n) is 1.89. The van der Waals surface area contributed by atoms with Gasteiger partial charge in [0, 0.05) is 11.6 Å². The van der Waals surface area contributed by atoms with Gasteiger partial charge in [0.15, 0.2) is 0 Å². The van der Waals surface area contributed by atoms with Crippen LogP contribution < -0.4 is 10.5 Å². The lowest BCUT2D eigenvalue weighted by atomic mass is 10.4. The van der Waals surface area contributed by atoms with Gasteiger partial charge in [0.05, 0.1) is 4.90 Å². The monoisotopic (exact) mass is 296 g/mol. The minimum absolute atomic E-state index is 0.0373. The van der Waals surface area contributed by atoms with E-state index in [9.17, 15) is 13.2 Å². The van der Waals surface area contributed by atoms with Crippen LogP contribution in [0.25, 0.3) is 0 Å². The van der Waals surface area contributed by atoms with Crippen LogP contribution in [0.5, 0.6) is 0 Å². The lowest BCUT2D eigenvalue weighted by Gasteiger charge is -2.08. The predicted molar refractivity (Wildman–Crippen MR) is 65.5 cm³/mol. The Hall–Kier alpha value is -0.820. The second kappa shape index (κ2) is 5.68. The van der Waals surface area contributed by atoms with Crippen molar-refractivity contribution in [3.05, 3.63) is 29.3 Å². The Balaban J connectivity index is 2.76. The molecule has 1 aromatic rings. The molecule has 94 valence electrons. The van der Waals surface area contributed by atoms with Crippen molar-refractivity contribution in [1.29, 1.82) is 0 Å². The highest BCUT2D eigenvalue weighted by Gasteiger charge is 2.18. The van der Waals surface area contributed by atoms with Crippen molar-refractivity contribution in [3.8, 4) is 0 Å². The molecule has 0 spiro atoms. The first kappa shape index (κ1) is 14.2. The largest absolute Gasteiger partial charge is 0.368 e. The quantitative estimate of drug-likeness (QED) is 0.784. The summed E-state index contributed by atoms with van der Waals surface area (Å²) in [4.78, 5) is 10.7. The van der Waals surface area contributed by atoms with Crippen molar-refractivity contribution in [1.82, 2.24) is 4.72 Å². The van der Waals surface area contributed by atoms with Gasteiger partial charge in [-0.3, -0.25) is 4.79 Å². The average Bonchev–Trinajstić information content (AvgIpc) is 2.26. The molecule has 0 saturated heterocycles. The van der Waals surface area contributed by atoms with Gasteiger partial charge in [-0.15, -0.1) is 11.6 Å². The molecule has 0 bridgehead atoms. The molecule has 1 aromatic carbocycles. The van der Waals surface area contributed by atoms with Gasteiger partial charge in [-0.2, -0.15) is 0 Å². The lowest BCUT2D eigenvalue weighted by Crippen LogP contribution is -2.36. The van der Waals surface area contributed by atoms with Crippen molar-refractivity contribution < 1.29 is 13.2 Å². The number of nitrogens with two attached hydrogens (primary N) is 1. The zero-order chi connectivity index (χ0) is 13.1. The highest BCUT2D eigenvalue weighted by atomic mass is 35.5. The van der Waals surface area contributed by atoms with E-state index >= 15 is 0 Å². The zero-order valence-electron chi connectivity index (χ0n) is 8.56. The van der Waals surface area contributed by atoms with Crippen molar-refractivity contribution in [2.45, 2.75) is 10.3 Å². The SMILES string of the molecule is NC(=O)[C@H](Cl)CNS(=O)(=O)c1ccc(Cl)cc1. The van der Waals surface area contributed by atoms with Crippen LogP contribution in [0.2, 0.25) is 5.02 Å². The number of amides is 1. The van der Waals surface area contributed by atoms with Crippen LogP contribution in [-0.2, 0) is 14.8 Å². The maximum Gasteiger partial charge on any atom is 0.240 e. The molecule has 5 nitrogen and oxygen atoms in total. The smallest absolute Gasteiger partial charge is 0.240 e. The first-order chi connectivity index (χ1) is 7.83. The zero-order valence-corrected chi connectivity index (χ0v) is 10.9. The van der Waals surface area contributed by atoms with Crippen LogP contribution in [0.1, 0.15) is 0 Å². The Labute approximate surface area is 109 Å². The molecule has 8 heteroatoms. The van der Waals surface area contributed by atoms with E-state index in [4.69, 9.17) is 28.9 Å². The van der Waals surface area contributed by atoms with Gasteiger partial charge in [0.1, 0.15) is 5.38 Å². The number of benzene rings is 1. The highest BCUT2D eigenvalue weighted by molar-refractivity contribution is 7.89. The molecule has 0 fully saturated rings. The van der Waals surface area contributed by atoms with Gasteiger partial charge < -0.3 is 5.73 Å². The van der Waals surface area contributed by atoms with Crippen LogP contribution in [0, 0.1) is 0 Å². The molecule has 0 aliphatic carbocycles. The number of hydrogen-bond donors (Lipinski definition) is 2. The Morgan fingerprint density at radius 1 is 1.35 bits per heavy atom. The van der Waals surface area contributed by atoms with Crippen LogP contribution in [0.4, 0.5) is 0 Å². The van der Waals surface area contributed by atoms with E-state index in [2.05, 4.69) is 4.72 Å². The van der Waals surface area contributed by atoms with Crippen molar-refractivity contribution in [2.75, 3.05) is 6.54 Å². The molecular weight excluding hydrogens is 287 g/mol. The Bertz CT molecular complexity index is 501. The first-order valence-electron chi connectivity index (χ1n) is 4.51. The van der Waals surface area contributed by atoms with Crippen molar-refractivity contribution in [3.63, 3.8) is 0 Å². The summed E-state index contributed by atoms with van der Waals surface area (Å²) in [6, 6.07) is 5.58. The summed E-state index contributed by atoms with van der Waals surface area (Å²) in [5.41, 5.74) is 4.90. The molecule has 0 heterocycles. The van der Waals surface area contributed by atoms with E-state index in [0.717, 1.165) is 0 Å². The number of alkyl halides is 1. The number of primary amides is 1. The third kappa shape index (κ3) is 4.16. The summed E-state index contributed by atoms with van der Waals surface area (Å²) in [5, 5.41) is -0.659. The van der Waals surface area contributed by atoms with Crippen molar-refractivity contribution >= 4 is 39.1 Å². The fraction of sp³-hybridized carbons (Fsp3) is 0.222. The number of rotatable bonds is 5. The van der Waals surface area contributed by atoms with E-state index < -0.39 is 21.3 Å². The molecule has 0 saturated carbocycles. The minimum Gasteiger partial charge on any atom is -0.368 e. The molecule has 0 radical (unpaired) electrons. The van der Waals surface area contributed by atoms with E-state index in [1.54, 1.807) is 0 Å². The Morgan fingerprint density at radius 3 is 2.35 bits per heavy atom. The highest BCUT2D eigenvalue weighted by Crippen LogP contribution is 2.13. The molecule has 3 N–H and O–H groups in total. The lowest BCUT2D eigenvalue weighted by molar-refractivity contribution is -0.117. The van der Waals surface area contributed by atoms with Gasteiger partial charge in [-0.05, 0) is 24.3 Å². The van der Waals surface area contributed by atoms with Gasteiger partial charge in [-0.1, -0.05) is 11.6 Å². The molecular formula is C9H10Cl2N2O3S. The minimum atomic E-state index is -3.71. The molecule has 0 unspecified atom stereocenters. The molecule has 0 aliphatic rings. The fourth-order valence-corrected chi connectivity index (χ4v) is 2.32. The average molecular weight is 297 g/mol. The van der Waals surface area contributed by atoms with E-state index in [0.29, 0.717) is 5.02 Å². The van der Waals surface area contributed by atoms with Crippen LogP contribution in [0.3, 0.4) is 0 Å². The topological polar surface area (TPSA) is 89.3 Å².